The van der Waals surface area contributed by atoms with Gasteiger partial charge < -0.3 is 9.15 Å². The SMILES string of the molecule is COc1ccccc1-c1ccc(-c2cccc(Cl)c2)o1. The van der Waals surface area contributed by atoms with Crippen molar-refractivity contribution in [1.29, 1.82) is 0 Å². The van der Waals surface area contributed by atoms with Crippen molar-refractivity contribution in [1.82, 2.24) is 0 Å². The lowest BCUT2D eigenvalue weighted by Crippen LogP contribution is -1.85. The Morgan fingerprint density at radius 1 is 0.900 bits per heavy atom. The molecule has 1 heterocycles. The van der Waals surface area contributed by atoms with Crippen molar-refractivity contribution in [2.45, 2.75) is 0 Å². The van der Waals surface area contributed by atoms with Gasteiger partial charge in [0.05, 0.1) is 12.7 Å². The highest BCUT2D eigenvalue weighted by molar-refractivity contribution is 6.30. The third kappa shape index (κ3) is 2.43. The van der Waals surface area contributed by atoms with Gasteiger partial charge in [-0.2, -0.15) is 0 Å². The van der Waals surface area contributed by atoms with E-state index < -0.39 is 0 Å². The first-order chi connectivity index (χ1) is 9.78. The van der Waals surface area contributed by atoms with E-state index in [-0.39, 0.29) is 0 Å². The van der Waals surface area contributed by atoms with Crippen molar-refractivity contribution in [3.63, 3.8) is 0 Å². The second-order valence-corrected chi connectivity index (χ2v) is 4.81. The minimum absolute atomic E-state index is 0.692. The molecule has 3 heteroatoms. The number of rotatable bonds is 3. The average Bonchev–Trinajstić information content (AvgIpc) is 2.97. The van der Waals surface area contributed by atoms with Crippen molar-refractivity contribution in [2.75, 3.05) is 7.11 Å². The zero-order valence-electron chi connectivity index (χ0n) is 11.0. The summed E-state index contributed by atoms with van der Waals surface area (Å²) >= 11 is 6.00. The fraction of sp³-hybridized carbons (Fsp3) is 0.0588. The minimum atomic E-state index is 0.692. The van der Waals surface area contributed by atoms with Crippen LogP contribution >= 0.6 is 11.6 Å². The normalized spacial score (nSPS) is 10.5. The second-order valence-electron chi connectivity index (χ2n) is 4.37. The van der Waals surface area contributed by atoms with Gasteiger partial charge in [0.25, 0.3) is 0 Å². The summed E-state index contributed by atoms with van der Waals surface area (Å²) in [6.07, 6.45) is 0. The van der Waals surface area contributed by atoms with Crippen LogP contribution in [0.4, 0.5) is 0 Å². The third-order valence-corrected chi connectivity index (χ3v) is 3.32. The molecule has 3 aromatic rings. The molecule has 0 fully saturated rings. The van der Waals surface area contributed by atoms with Crippen LogP contribution in [0.2, 0.25) is 5.02 Å². The lowest BCUT2D eigenvalue weighted by atomic mass is 10.1. The van der Waals surface area contributed by atoms with E-state index in [1.807, 2.05) is 60.7 Å². The number of benzene rings is 2. The fourth-order valence-electron chi connectivity index (χ4n) is 2.13. The molecule has 100 valence electrons. The zero-order valence-corrected chi connectivity index (χ0v) is 11.7. The second kappa shape index (κ2) is 5.43. The lowest BCUT2D eigenvalue weighted by molar-refractivity contribution is 0.415. The van der Waals surface area contributed by atoms with E-state index in [0.29, 0.717) is 5.02 Å². The average molecular weight is 285 g/mol. The maximum atomic E-state index is 6.00. The first-order valence-corrected chi connectivity index (χ1v) is 6.65. The van der Waals surface area contributed by atoms with Crippen molar-refractivity contribution < 1.29 is 9.15 Å². The molecule has 0 amide bonds. The number of hydrogen-bond acceptors (Lipinski definition) is 2. The molecule has 1 aromatic heterocycles. The number of furan rings is 1. The van der Waals surface area contributed by atoms with Gasteiger partial charge in [-0.1, -0.05) is 35.9 Å². The molecule has 0 radical (unpaired) electrons. The molecule has 0 aliphatic carbocycles. The van der Waals surface area contributed by atoms with Gasteiger partial charge >= 0.3 is 0 Å². The van der Waals surface area contributed by atoms with E-state index in [2.05, 4.69) is 0 Å². The number of halogens is 1. The van der Waals surface area contributed by atoms with Gasteiger partial charge in [-0.25, -0.2) is 0 Å². The van der Waals surface area contributed by atoms with Crippen LogP contribution < -0.4 is 4.74 Å². The monoisotopic (exact) mass is 284 g/mol. The summed E-state index contributed by atoms with van der Waals surface area (Å²) in [6, 6.07) is 19.3. The Balaban J connectivity index is 2.02. The van der Waals surface area contributed by atoms with Crippen LogP contribution in [0.1, 0.15) is 0 Å². The minimum Gasteiger partial charge on any atom is -0.496 e. The Bertz CT molecular complexity index is 731. The van der Waals surface area contributed by atoms with Crippen LogP contribution in [-0.4, -0.2) is 7.11 Å². The molecule has 2 aromatic carbocycles. The topological polar surface area (TPSA) is 22.4 Å². The van der Waals surface area contributed by atoms with E-state index >= 15 is 0 Å². The maximum absolute atomic E-state index is 6.00. The van der Waals surface area contributed by atoms with Crippen molar-refractivity contribution in [2.24, 2.45) is 0 Å². The molecule has 0 N–H and O–H groups in total. The molecule has 0 aliphatic rings. The van der Waals surface area contributed by atoms with Crippen LogP contribution in [0.25, 0.3) is 22.6 Å². The molecule has 20 heavy (non-hydrogen) atoms. The van der Waals surface area contributed by atoms with Gasteiger partial charge in [0.1, 0.15) is 17.3 Å². The molecular formula is C17H13ClO2. The summed E-state index contributed by atoms with van der Waals surface area (Å²) in [5, 5.41) is 0.692. The zero-order chi connectivity index (χ0) is 13.9. The van der Waals surface area contributed by atoms with Crippen LogP contribution in [0.3, 0.4) is 0 Å². The van der Waals surface area contributed by atoms with E-state index in [1.165, 1.54) is 0 Å². The highest BCUT2D eigenvalue weighted by Crippen LogP contribution is 2.34. The first-order valence-electron chi connectivity index (χ1n) is 6.27. The summed E-state index contributed by atoms with van der Waals surface area (Å²) in [4.78, 5) is 0. The van der Waals surface area contributed by atoms with Gasteiger partial charge in [-0.3, -0.25) is 0 Å². The molecule has 2 nitrogen and oxygen atoms in total. The molecule has 0 atom stereocenters. The highest BCUT2D eigenvalue weighted by Gasteiger charge is 2.10. The Morgan fingerprint density at radius 3 is 2.50 bits per heavy atom. The molecule has 0 spiro atoms. The van der Waals surface area contributed by atoms with Gasteiger partial charge in [-0.15, -0.1) is 0 Å². The maximum Gasteiger partial charge on any atom is 0.138 e. The third-order valence-electron chi connectivity index (χ3n) is 3.09. The Morgan fingerprint density at radius 2 is 1.70 bits per heavy atom. The summed E-state index contributed by atoms with van der Waals surface area (Å²) < 4.78 is 11.3. The van der Waals surface area contributed by atoms with Gasteiger partial charge in [0, 0.05) is 10.6 Å². The Labute approximate surface area is 122 Å². The van der Waals surface area contributed by atoms with Crippen molar-refractivity contribution in [3.8, 4) is 28.4 Å². The van der Waals surface area contributed by atoms with Gasteiger partial charge in [0.2, 0.25) is 0 Å². The molecule has 0 bridgehead atoms. The highest BCUT2D eigenvalue weighted by atomic mass is 35.5. The Hall–Kier alpha value is -2.19. The van der Waals surface area contributed by atoms with Crippen LogP contribution in [0.5, 0.6) is 5.75 Å². The quantitative estimate of drug-likeness (QED) is 0.653. The molecule has 0 saturated carbocycles. The van der Waals surface area contributed by atoms with E-state index in [0.717, 1.165) is 28.4 Å². The molecule has 0 aliphatic heterocycles. The first kappa shape index (κ1) is 12.8. The van der Waals surface area contributed by atoms with Crippen LogP contribution in [0, 0.1) is 0 Å². The smallest absolute Gasteiger partial charge is 0.138 e. The molecular weight excluding hydrogens is 272 g/mol. The van der Waals surface area contributed by atoms with Crippen LogP contribution in [-0.2, 0) is 0 Å². The number of hydrogen-bond donors (Lipinski definition) is 0. The number of ether oxygens (including phenoxy) is 1. The summed E-state index contributed by atoms with van der Waals surface area (Å²) in [5.41, 5.74) is 1.89. The fourth-order valence-corrected chi connectivity index (χ4v) is 2.32. The van der Waals surface area contributed by atoms with Crippen molar-refractivity contribution in [3.05, 3.63) is 65.7 Å². The number of methoxy groups -OCH3 is 1. The summed E-state index contributed by atoms with van der Waals surface area (Å²) in [5.74, 6) is 2.35. The lowest BCUT2D eigenvalue weighted by Gasteiger charge is -2.05. The summed E-state index contributed by atoms with van der Waals surface area (Å²) in [6.45, 7) is 0. The van der Waals surface area contributed by atoms with Gasteiger partial charge in [-0.05, 0) is 36.4 Å². The predicted octanol–water partition coefficient (Wildman–Crippen LogP) is 5.28. The molecule has 3 rings (SSSR count). The number of para-hydroxylation sites is 1. The molecule has 0 unspecified atom stereocenters. The predicted molar refractivity (Wildman–Crippen MR) is 81.1 cm³/mol. The Kier molecular flexibility index (Phi) is 3.48. The standard InChI is InChI=1S/C17H13ClO2/c1-19-16-8-3-2-7-14(16)17-10-9-15(20-17)12-5-4-6-13(18)11-12/h2-11H,1H3. The van der Waals surface area contributed by atoms with Crippen molar-refractivity contribution >= 4 is 11.6 Å². The van der Waals surface area contributed by atoms with E-state index in [1.54, 1.807) is 7.11 Å². The van der Waals surface area contributed by atoms with Gasteiger partial charge in [0.15, 0.2) is 0 Å². The molecule has 0 saturated heterocycles. The van der Waals surface area contributed by atoms with Crippen LogP contribution in [0.15, 0.2) is 65.1 Å². The summed E-state index contributed by atoms with van der Waals surface area (Å²) in [7, 11) is 1.65. The van der Waals surface area contributed by atoms with E-state index in [9.17, 15) is 0 Å². The van der Waals surface area contributed by atoms with E-state index in [4.69, 9.17) is 20.8 Å². The largest absolute Gasteiger partial charge is 0.496 e.